The first-order valence-corrected chi connectivity index (χ1v) is 24.6. The van der Waals surface area contributed by atoms with Crippen LogP contribution in [0.15, 0.2) is 146 Å². The van der Waals surface area contributed by atoms with Gasteiger partial charge in [0.2, 0.25) is 0 Å². The van der Waals surface area contributed by atoms with Crippen LogP contribution in [0.3, 0.4) is 0 Å². The lowest BCUT2D eigenvalue weighted by molar-refractivity contribution is -0.170. The highest BCUT2D eigenvalue weighted by Gasteiger charge is 2.33. The fourth-order valence-electron chi connectivity index (χ4n) is 9.27. The smallest absolute Gasteiger partial charge is 0.398 e. The number of halogens is 2. The van der Waals surface area contributed by atoms with Gasteiger partial charge in [-0.2, -0.15) is 12.5 Å². The van der Waals surface area contributed by atoms with Crippen molar-refractivity contribution in [1.82, 2.24) is 5.06 Å². The molecule has 0 unspecified atom stereocenters. The summed E-state index contributed by atoms with van der Waals surface area (Å²) in [5, 5.41) is 12.5. The fourth-order valence-corrected chi connectivity index (χ4v) is 9.27. The van der Waals surface area contributed by atoms with Gasteiger partial charge in [-0.05, 0) is 73.6 Å². The molecule has 0 atom stereocenters. The number of nitrogens with zero attached hydrogens (tertiary/aromatic N) is 3. The minimum absolute atomic E-state index is 0.0340. The van der Waals surface area contributed by atoms with Gasteiger partial charge in [-0.1, -0.05) is 121 Å². The number of thiol groups is 1. The van der Waals surface area contributed by atoms with Crippen molar-refractivity contribution in [2.24, 2.45) is 0 Å². The maximum absolute atomic E-state index is 12.9. The Morgan fingerprint density at radius 3 is 1.41 bits per heavy atom. The Morgan fingerprint density at radius 1 is 0.594 bits per heavy atom. The Balaban J connectivity index is 0.000000176. The van der Waals surface area contributed by atoms with Crippen molar-refractivity contribution < 1.29 is 28.7 Å². The number of fused-ring (bicyclic) bond motifs is 4. The highest BCUT2D eigenvalue weighted by atomic mass is 35.5. The summed E-state index contributed by atoms with van der Waals surface area (Å²) in [6.07, 6.45) is 0.881. The molecule has 11 rings (SSSR count). The number of carbonyl (C=O) groups is 3. The van der Waals surface area contributed by atoms with Gasteiger partial charge in [0.15, 0.2) is 0 Å². The number of imide groups is 1. The zero-order valence-electron chi connectivity index (χ0n) is 39.2. The minimum Gasteiger partial charge on any atom is -0.398 e. The number of amides is 3. The second-order valence-electron chi connectivity index (χ2n) is 16.2. The normalized spacial score (nSPS) is 14.9. The molecule has 3 heterocycles. The quantitative estimate of drug-likeness (QED) is 0.0646. The lowest BCUT2D eigenvalue weighted by Crippen LogP contribution is -2.36. The Labute approximate surface area is 418 Å². The maximum atomic E-state index is 12.9. The fraction of sp³-hybridized carbons (Fsp3) is 0.218. The summed E-state index contributed by atoms with van der Waals surface area (Å²) in [6.45, 7) is 6.09. The number of alkyl halides is 2. The second kappa shape index (κ2) is 23.2. The summed E-state index contributed by atoms with van der Waals surface area (Å²) in [4.78, 5) is 46.8. The molecule has 14 heteroatoms. The van der Waals surface area contributed by atoms with Crippen LogP contribution in [-0.4, -0.2) is 88.3 Å². The third-order valence-electron chi connectivity index (χ3n) is 12.3. The van der Waals surface area contributed by atoms with Crippen molar-refractivity contribution in [3.63, 3.8) is 0 Å². The van der Waals surface area contributed by atoms with Crippen molar-refractivity contribution in [1.29, 1.82) is 1.12 Å². The molecule has 3 N–H and O–H groups in total. The van der Waals surface area contributed by atoms with Crippen molar-refractivity contribution in [2.45, 2.75) is 12.8 Å². The van der Waals surface area contributed by atoms with Crippen molar-refractivity contribution in [2.75, 3.05) is 85.1 Å². The molecule has 0 saturated carbocycles. The zero-order chi connectivity index (χ0) is 49.0. The van der Waals surface area contributed by atoms with Crippen LogP contribution >= 0.6 is 35.7 Å². The van der Waals surface area contributed by atoms with E-state index in [1.807, 2.05) is 54.6 Å². The maximum Gasteiger partial charge on any atom is 0.436 e. The van der Waals surface area contributed by atoms with E-state index in [-0.39, 0.29) is 18.2 Å². The summed E-state index contributed by atoms with van der Waals surface area (Å²) in [7, 11) is 0. The van der Waals surface area contributed by atoms with Crippen molar-refractivity contribution in [3.8, 4) is 22.3 Å². The van der Waals surface area contributed by atoms with Gasteiger partial charge in [0.05, 0.1) is 37.5 Å². The first kappa shape index (κ1) is 47.5. The van der Waals surface area contributed by atoms with Gasteiger partial charge in [-0.3, -0.25) is 14.9 Å². The number of nitrogens with two attached hydrogens (primary N) is 1. The predicted molar refractivity (Wildman–Crippen MR) is 287 cm³/mol. The number of hydroxylamine groups is 2. The summed E-state index contributed by atoms with van der Waals surface area (Å²) < 4.78 is 17.3. The Kier molecular flexibility index (Phi) is 16.0. The highest BCUT2D eigenvalue weighted by molar-refractivity contribution is 7.79. The number of nitrogen functional groups attached to an aromatic ring is 1. The van der Waals surface area contributed by atoms with E-state index in [1.165, 1.54) is 32.8 Å². The zero-order valence-corrected chi connectivity index (χ0v) is 40.5. The van der Waals surface area contributed by atoms with Gasteiger partial charge in [-0.25, -0.2) is 4.79 Å². The number of rotatable bonds is 6. The molecule has 0 radical (unpaired) electrons. The first-order chi connectivity index (χ1) is 34.3. The molecular formula is C55H53Cl2N5O6S. The predicted octanol–water partition coefficient (Wildman–Crippen LogP) is 12.2. The van der Waals surface area contributed by atoms with E-state index < -0.39 is 17.9 Å². The number of hydrogen-bond donors (Lipinski definition) is 3. The summed E-state index contributed by atoms with van der Waals surface area (Å²) in [5.41, 5.74) is 14.4. The van der Waals surface area contributed by atoms with Crippen LogP contribution in [0.25, 0.3) is 65.3 Å². The Hall–Kier alpha value is -6.54. The largest absolute Gasteiger partial charge is 0.436 e. The van der Waals surface area contributed by atoms with Gasteiger partial charge in [-0.15, -0.1) is 28.3 Å². The van der Waals surface area contributed by atoms with Crippen LogP contribution in [0.2, 0.25) is 0 Å². The van der Waals surface area contributed by atoms with Crippen LogP contribution in [0, 0.1) is 0 Å². The number of nitrogens with one attached hydrogen (secondary N) is 1. The lowest BCUT2D eigenvalue weighted by atomic mass is 9.90. The average molecular weight is 984 g/mol. The van der Waals surface area contributed by atoms with E-state index >= 15 is 0 Å². The molecule has 0 aromatic heterocycles. The highest BCUT2D eigenvalue weighted by Crippen LogP contribution is 2.46. The molecule has 3 saturated heterocycles. The van der Waals surface area contributed by atoms with Crippen LogP contribution in [0.5, 0.6) is 0 Å². The van der Waals surface area contributed by atoms with Gasteiger partial charge in [0.1, 0.15) is 1.12 Å². The number of ether oxygens (including phenoxy) is 2. The van der Waals surface area contributed by atoms with Crippen LogP contribution < -0.4 is 20.9 Å². The standard InChI is InChI=1S/C29H25N3O5.C24H22N2O.CH2Cl2.CH4S/c33-25-13-14-26(34)32(25)37-29(35)30-23-11-9-19-5-1-3-7-21(19)27(23)28-22-8-4-2-6-20(22)10-12-24(28)31-15-17-36-18-16-31;25-21-11-9-17-5-1-3-7-19(17)23(21)24-20-8-4-2-6-18(20)10-12-22(24)26-13-15-27-16-14-26;2-1-3;1-2/h1-12H,13-18H2,(H,30,35);1-12H,13-16,25H2;1H2;2H,1H3/i/hD. The van der Waals surface area contributed by atoms with E-state index in [4.69, 9.17) is 44.4 Å². The summed E-state index contributed by atoms with van der Waals surface area (Å²) >= 11 is 10.5. The molecule has 3 amide bonds. The topological polar surface area (TPSA) is 127 Å². The molecule has 69 heavy (non-hydrogen) atoms. The van der Waals surface area contributed by atoms with Crippen LogP contribution in [0.4, 0.5) is 27.5 Å². The number of anilines is 4. The van der Waals surface area contributed by atoms with E-state index in [0.717, 1.165) is 102 Å². The Bertz CT molecular complexity index is 3130. The molecule has 8 aromatic rings. The number of morpholine rings is 2. The van der Waals surface area contributed by atoms with Crippen molar-refractivity contribution in [3.05, 3.63) is 146 Å². The van der Waals surface area contributed by atoms with Gasteiger partial charge in [0.25, 0.3) is 11.8 Å². The molecule has 3 aliphatic heterocycles. The molecule has 0 bridgehead atoms. The summed E-state index contributed by atoms with van der Waals surface area (Å²) in [5.74, 6) is -1.05. The van der Waals surface area contributed by atoms with Gasteiger partial charge in [0, 0.05) is 78.3 Å². The monoisotopic (exact) mass is 982 g/mol. The van der Waals surface area contributed by atoms with E-state index in [0.29, 0.717) is 24.0 Å². The minimum atomic E-state index is -0.895. The number of carbonyl (C=O) groups excluding carboxylic acids is 3. The molecule has 0 aliphatic carbocycles. The molecular weight excluding hydrogens is 930 g/mol. The molecule has 0 spiro atoms. The molecule has 8 aromatic carbocycles. The van der Waals surface area contributed by atoms with Crippen molar-refractivity contribution >= 4 is 119 Å². The van der Waals surface area contributed by atoms with E-state index in [1.54, 1.807) is 6.26 Å². The van der Waals surface area contributed by atoms with E-state index in [2.05, 4.69) is 106 Å². The third kappa shape index (κ3) is 10.7. The van der Waals surface area contributed by atoms with Crippen LogP contribution in [0.1, 0.15) is 12.8 Å². The second-order valence-corrected chi connectivity index (χ2v) is 17.0. The molecule has 354 valence electrons. The lowest BCUT2D eigenvalue weighted by Gasteiger charge is -2.32. The molecule has 3 aliphatic rings. The first-order valence-electron chi connectivity index (χ1n) is 23.1. The van der Waals surface area contributed by atoms with E-state index in [9.17, 15) is 14.4 Å². The summed E-state index contributed by atoms with van der Waals surface area (Å²) in [6, 6.07) is 49.8. The van der Waals surface area contributed by atoms with Crippen LogP contribution in [-0.2, 0) is 23.9 Å². The third-order valence-corrected chi connectivity index (χ3v) is 12.3. The average Bonchev–Trinajstić information content (AvgIpc) is 3.71. The SMILES string of the molecule is ClCCl.Nc1ccc2ccccc2c1-c1c(N2CCOCC2)ccc2ccccc12.O=C(Nc1ccc2ccccc2c1-c1c(N2CCOCC2)ccc2ccccc12)ON1C(=O)CCC1=O.[2H]SC. The molecule has 11 nitrogen and oxygen atoms in total. The van der Waals surface area contributed by atoms with Gasteiger partial charge >= 0.3 is 6.09 Å². The molecule has 3 fully saturated rings. The van der Waals surface area contributed by atoms with Gasteiger partial charge < -0.3 is 29.8 Å². The number of benzene rings is 8. The number of hydrogen-bond acceptors (Lipinski definition) is 10. The Morgan fingerprint density at radius 2 is 0.957 bits per heavy atom.